The predicted molar refractivity (Wildman–Crippen MR) is 202 cm³/mol. The Morgan fingerprint density at radius 3 is 1.74 bits per heavy atom. The van der Waals surface area contributed by atoms with E-state index < -0.39 is 0 Å². The third kappa shape index (κ3) is 4.72. The maximum Gasteiger partial charge on any atom is 0.0540 e. The van der Waals surface area contributed by atoms with Gasteiger partial charge >= 0.3 is 0 Å². The van der Waals surface area contributed by atoms with Crippen molar-refractivity contribution < 1.29 is 0 Å². The van der Waals surface area contributed by atoms with Gasteiger partial charge in [-0.2, -0.15) is 0 Å². The van der Waals surface area contributed by atoms with Crippen LogP contribution in [0.2, 0.25) is 0 Å². The molecule has 9 rings (SSSR count). The van der Waals surface area contributed by atoms with Crippen LogP contribution >= 0.6 is 0 Å². The summed E-state index contributed by atoms with van der Waals surface area (Å²) in [4.78, 5) is 2.43. The molecule has 1 heteroatoms. The lowest BCUT2D eigenvalue weighted by molar-refractivity contribution is 1.29. The van der Waals surface area contributed by atoms with E-state index in [0.29, 0.717) is 0 Å². The van der Waals surface area contributed by atoms with Crippen LogP contribution in [-0.2, 0) is 0 Å². The minimum atomic E-state index is 1.11. The molecule has 0 radical (unpaired) electrons. The molecule has 0 N–H and O–H groups in total. The molecule has 9 aromatic rings. The van der Waals surface area contributed by atoms with Gasteiger partial charge in [-0.15, -0.1) is 0 Å². The average molecular weight is 598 g/mol. The predicted octanol–water partition coefficient (Wildman–Crippen LogP) is 13.1. The highest BCUT2D eigenvalue weighted by Crippen LogP contribution is 2.44. The number of rotatable bonds is 5. The molecule has 220 valence electrons. The zero-order valence-corrected chi connectivity index (χ0v) is 25.8. The molecule has 0 saturated carbocycles. The Bertz CT molecular complexity index is 2590. The fourth-order valence-corrected chi connectivity index (χ4v) is 7.21. The Morgan fingerprint density at radius 1 is 0.277 bits per heavy atom. The van der Waals surface area contributed by atoms with Gasteiger partial charge in [-0.3, -0.25) is 0 Å². The lowest BCUT2D eigenvalue weighted by Crippen LogP contribution is -2.11. The lowest BCUT2D eigenvalue weighted by Gasteiger charge is -2.29. The van der Waals surface area contributed by atoms with Crippen molar-refractivity contribution in [1.29, 1.82) is 0 Å². The Hall–Kier alpha value is -6.18. The topological polar surface area (TPSA) is 3.24 Å². The van der Waals surface area contributed by atoms with Crippen LogP contribution in [0.15, 0.2) is 188 Å². The van der Waals surface area contributed by atoms with Crippen molar-refractivity contribution in [3.63, 3.8) is 0 Å². The number of anilines is 3. The van der Waals surface area contributed by atoms with Crippen molar-refractivity contribution in [2.24, 2.45) is 0 Å². The summed E-state index contributed by atoms with van der Waals surface area (Å²) in [6.45, 7) is 0. The number of benzene rings is 9. The SMILES string of the molecule is c1cc(-c2cc3ccccc3c3ccccc23)cc(N(c2ccc3ccccc3c2)c2ccccc2-c2cccc3ccccc23)c1. The molecule has 0 amide bonds. The number of fused-ring (bicyclic) bond motifs is 5. The van der Waals surface area contributed by atoms with Gasteiger partial charge < -0.3 is 4.90 Å². The molecule has 0 aliphatic carbocycles. The van der Waals surface area contributed by atoms with Crippen molar-refractivity contribution in [2.75, 3.05) is 4.90 Å². The standard InChI is InChI=1S/C46H31N/c1-2-15-34-29-38(28-27-32(34)13-1)47(46-26-10-9-24-44(46)42-25-12-17-33-14-3-5-20-39(33)42)37-19-11-18-35(30-37)45-31-36-16-4-6-21-40(36)41-22-7-8-23-43(41)45/h1-31H. The second-order valence-electron chi connectivity index (χ2n) is 12.2. The van der Waals surface area contributed by atoms with Gasteiger partial charge in [-0.25, -0.2) is 0 Å². The monoisotopic (exact) mass is 597 g/mol. The third-order valence-electron chi connectivity index (χ3n) is 9.40. The molecular formula is C46H31N. The summed E-state index contributed by atoms with van der Waals surface area (Å²) in [5.41, 5.74) is 8.22. The van der Waals surface area contributed by atoms with Crippen LogP contribution in [0.1, 0.15) is 0 Å². The van der Waals surface area contributed by atoms with E-state index in [4.69, 9.17) is 0 Å². The third-order valence-corrected chi connectivity index (χ3v) is 9.40. The van der Waals surface area contributed by atoms with Gasteiger partial charge in [-0.05, 0) is 96.2 Å². The van der Waals surface area contributed by atoms with Crippen LogP contribution in [-0.4, -0.2) is 0 Å². The second kappa shape index (κ2) is 11.3. The zero-order chi connectivity index (χ0) is 31.2. The highest BCUT2D eigenvalue weighted by Gasteiger charge is 2.19. The minimum Gasteiger partial charge on any atom is -0.310 e. The molecule has 0 aromatic heterocycles. The van der Waals surface area contributed by atoms with Crippen LogP contribution in [0.3, 0.4) is 0 Å². The average Bonchev–Trinajstić information content (AvgIpc) is 3.15. The number of nitrogens with zero attached hydrogens (tertiary/aromatic N) is 1. The highest BCUT2D eigenvalue weighted by atomic mass is 15.1. The first-order chi connectivity index (χ1) is 23.3. The largest absolute Gasteiger partial charge is 0.310 e. The van der Waals surface area contributed by atoms with Crippen molar-refractivity contribution in [1.82, 2.24) is 0 Å². The van der Waals surface area contributed by atoms with Gasteiger partial charge in [0.2, 0.25) is 0 Å². The Morgan fingerprint density at radius 2 is 0.872 bits per heavy atom. The molecule has 0 bridgehead atoms. The van der Waals surface area contributed by atoms with E-state index in [2.05, 4.69) is 193 Å². The summed E-state index contributed by atoms with van der Waals surface area (Å²) >= 11 is 0. The normalized spacial score (nSPS) is 11.4. The van der Waals surface area contributed by atoms with Crippen LogP contribution in [0.4, 0.5) is 17.1 Å². The van der Waals surface area contributed by atoms with Crippen molar-refractivity contribution >= 4 is 60.2 Å². The van der Waals surface area contributed by atoms with E-state index >= 15 is 0 Å². The van der Waals surface area contributed by atoms with E-state index in [1.54, 1.807) is 0 Å². The van der Waals surface area contributed by atoms with Crippen molar-refractivity contribution in [2.45, 2.75) is 0 Å². The van der Waals surface area contributed by atoms with Gasteiger partial charge in [-0.1, -0.05) is 152 Å². The highest BCUT2D eigenvalue weighted by molar-refractivity contribution is 6.14. The van der Waals surface area contributed by atoms with Gasteiger partial charge in [0.15, 0.2) is 0 Å². The quantitative estimate of drug-likeness (QED) is 0.178. The van der Waals surface area contributed by atoms with E-state index in [0.717, 1.165) is 17.1 Å². The molecule has 0 heterocycles. The van der Waals surface area contributed by atoms with Crippen LogP contribution < -0.4 is 4.90 Å². The van der Waals surface area contributed by atoms with Gasteiger partial charge in [0.05, 0.1) is 5.69 Å². The molecule has 0 spiro atoms. The lowest BCUT2D eigenvalue weighted by atomic mass is 9.93. The van der Waals surface area contributed by atoms with E-state index in [-0.39, 0.29) is 0 Å². The van der Waals surface area contributed by atoms with Gasteiger partial charge in [0.1, 0.15) is 0 Å². The Kier molecular flexibility index (Phi) is 6.54. The van der Waals surface area contributed by atoms with Crippen LogP contribution in [0.25, 0.3) is 65.3 Å². The van der Waals surface area contributed by atoms with E-state index in [9.17, 15) is 0 Å². The maximum absolute atomic E-state index is 2.43. The first-order valence-electron chi connectivity index (χ1n) is 16.2. The molecule has 0 atom stereocenters. The smallest absolute Gasteiger partial charge is 0.0540 e. The van der Waals surface area contributed by atoms with Gasteiger partial charge in [0, 0.05) is 16.9 Å². The van der Waals surface area contributed by atoms with Crippen molar-refractivity contribution in [3.8, 4) is 22.3 Å². The number of para-hydroxylation sites is 1. The summed E-state index contributed by atoms with van der Waals surface area (Å²) < 4.78 is 0. The molecular weight excluding hydrogens is 567 g/mol. The molecule has 9 aromatic carbocycles. The fourth-order valence-electron chi connectivity index (χ4n) is 7.21. The summed E-state index contributed by atoms with van der Waals surface area (Å²) in [6.07, 6.45) is 0. The van der Waals surface area contributed by atoms with Crippen molar-refractivity contribution in [3.05, 3.63) is 188 Å². The molecule has 0 saturated heterocycles. The van der Waals surface area contributed by atoms with E-state index in [1.807, 2.05) is 0 Å². The summed E-state index contributed by atoms with van der Waals surface area (Å²) in [6, 6.07) is 68.3. The summed E-state index contributed by atoms with van der Waals surface area (Å²) in [5.74, 6) is 0. The number of hydrogen-bond donors (Lipinski definition) is 0. The van der Waals surface area contributed by atoms with Crippen LogP contribution in [0.5, 0.6) is 0 Å². The molecule has 0 aliphatic heterocycles. The molecule has 1 nitrogen and oxygen atoms in total. The van der Waals surface area contributed by atoms with E-state index in [1.165, 1.54) is 65.3 Å². The second-order valence-corrected chi connectivity index (χ2v) is 12.2. The first kappa shape index (κ1) is 27.2. The van der Waals surface area contributed by atoms with Gasteiger partial charge in [0.25, 0.3) is 0 Å². The fraction of sp³-hybridized carbons (Fsp3) is 0. The Balaban J connectivity index is 1.30. The summed E-state index contributed by atoms with van der Waals surface area (Å²) in [7, 11) is 0. The zero-order valence-electron chi connectivity index (χ0n) is 25.8. The summed E-state index contributed by atoms with van der Waals surface area (Å²) in [5, 5.41) is 10.0. The molecule has 0 fully saturated rings. The maximum atomic E-state index is 2.43. The molecule has 47 heavy (non-hydrogen) atoms. The number of hydrogen-bond acceptors (Lipinski definition) is 1. The van der Waals surface area contributed by atoms with Crippen LogP contribution in [0, 0.1) is 0 Å². The minimum absolute atomic E-state index is 1.11. The Labute approximate surface area is 274 Å². The first-order valence-corrected chi connectivity index (χ1v) is 16.2. The molecule has 0 unspecified atom stereocenters. The molecule has 0 aliphatic rings.